The molecule has 2 heterocycles. The van der Waals surface area contributed by atoms with Crippen LogP contribution in [0.1, 0.15) is 23.1 Å². The van der Waals surface area contributed by atoms with E-state index >= 15 is 0 Å². The Bertz CT molecular complexity index is 547. The SMILES string of the molecule is CCOC(=O)c1cc2c(O)nc(C)cn2n1. The highest BCUT2D eigenvalue weighted by atomic mass is 16.5. The van der Waals surface area contributed by atoms with Crippen molar-refractivity contribution in [3.8, 4) is 5.88 Å². The quantitative estimate of drug-likeness (QED) is 0.763. The molecule has 0 atom stereocenters. The van der Waals surface area contributed by atoms with E-state index in [0.29, 0.717) is 11.2 Å². The second-order valence-electron chi connectivity index (χ2n) is 3.29. The summed E-state index contributed by atoms with van der Waals surface area (Å²) < 4.78 is 6.22. The van der Waals surface area contributed by atoms with Crippen LogP contribution in [-0.2, 0) is 4.74 Å². The van der Waals surface area contributed by atoms with Gasteiger partial charge in [0.05, 0.1) is 18.5 Å². The zero-order valence-electron chi connectivity index (χ0n) is 8.97. The lowest BCUT2D eigenvalue weighted by molar-refractivity contribution is 0.0519. The van der Waals surface area contributed by atoms with Gasteiger partial charge in [-0.2, -0.15) is 5.10 Å². The molecule has 0 saturated heterocycles. The third-order valence-electron chi connectivity index (χ3n) is 2.04. The average Bonchev–Trinajstić information content (AvgIpc) is 2.62. The molecule has 0 saturated carbocycles. The number of esters is 1. The fraction of sp³-hybridized carbons (Fsp3) is 0.300. The number of aromatic nitrogens is 3. The maximum atomic E-state index is 11.4. The number of fused-ring (bicyclic) bond motifs is 1. The normalized spacial score (nSPS) is 10.6. The average molecular weight is 221 g/mol. The van der Waals surface area contributed by atoms with Gasteiger partial charge in [-0.1, -0.05) is 0 Å². The lowest BCUT2D eigenvalue weighted by Crippen LogP contribution is -2.05. The first-order valence-corrected chi connectivity index (χ1v) is 4.85. The molecule has 16 heavy (non-hydrogen) atoms. The molecule has 84 valence electrons. The number of rotatable bonds is 2. The van der Waals surface area contributed by atoms with Crippen LogP contribution >= 0.6 is 0 Å². The van der Waals surface area contributed by atoms with E-state index in [9.17, 15) is 9.90 Å². The lowest BCUT2D eigenvalue weighted by atomic mass is 10.4. The lowest BCUT2D eigenvalue weighted by Gasteiger charge is -1.97. The molecule has 0 unspecified atom stereocenters. The molecule has 1 N–H and O–H groups in total. The molecule has 0 radical (unpaired) electrons. The third-order valence-corrected chi connectivity index (χ3v) is 2.04. The van der Waals surface area contributed by atoms with Crippen LogP contribution in [-0.4, -0.2) is 32.3 Å². The number of hydrogen-bond donors (Lipinski definition) is 1. The smallest absolute Gasteiger partial charge is 0.358 e. The van der Waals surface area contributed by atoms with Crippen LogP contribution in [0.3, 0.4) is 0 Å². The molecular formula is C10H11N3O3. The van der Waals surface area contributed by atoms with E-state index in [0.717, 1.165) is 0 Å². The molecule has 0 fully saturated rings. The predicted octanol–water partition coefficient (Wildman–Crippen LogP) is 0.920. The Balaban J connectivity index is 2.51. The third kappa shape index (κ3) is 1.69. The fourth-order valence-corrected chi connectivity index (χ4v) is 1.39. The second-order valence-corrected chi connectivity index (χ2v) is 3.29. The molecule has 2 aromatic rings. The molecule has 6 nitrogen and oxygen atoms in total. The summed E-state index contributed by atoms with van der Waals surface area (Å²) in [6.45, 7) is 3.73. The van der Waals surface area contributed by atoms with Crippen LogP contribution in [0.5, 0.6) is 5.88 Å². The Morgan fingerprint density at radius 2 is 2.38 bits per heavy atom. The largest absolute Gasteiger partial charge is 0.492 e. The molecule has 0 aliphatic carbocycles. The van der Waals surface area contributed by atoms with Crippen molar-refractivity contribution in [2.24, 2.45) is 0 Å². The monoisotopic (exact) mass is 221 g/mol. The van der Waals surface area contributed by atoms with Gasteiger partial charge in [0.15, 0.2) is 5.69 Å². The molecule has 0 aromatic carbocycles. The Morgan fingerprint density at radius 1 is 1.62 bits per heavy atom. The van der Waals surface area contributed by atoms with E-state index in [4.69, 9.17) is 4.74 Å². The van der Waals surface area contributed by atoms with E-state index in [1.165, 1.54) is 10.6 Å². The van der Waals surface area contributed by atoms with E-state index in [-0.39, 0.29) is 18.2 Å². The first-order chi connectivity index (χ1) is 7.61. The first kappa shape index (κ1) is 10.4. The standard InChI is InChI=1S/C10H11N3O3/c1-3-16-10(15)7-4-8-9(14)11-6(2)5-13(8)12-7/h4-5H,3H2,1-2H3,(H,11,14). The van der Waals surface area contributed by atoms with Crippen molar-refractivity contribution in [3.05, 3.63) is 23.7 Å². The minimum absolute atomic E-state index is 0.150. The number of carbonyl (C=O) groups is 1. The summed E-state index contributed by atoms with van der Waals surface area (Å²) in [5.41, 5.74) is 1.15. The Labute approximate surface area is 91.5 Å². The number of carbonyl (C=O) groups excluding carboxylic acids is 1. The Hall–Kier alpha value is -2.11. The van der Waals surface area contributed by atoms with Gasteiger partial charge < -0.3 is 9.84 Å². The summed E-state index contributed by atoms with van der Waals surface area (Å²) in [6.07, 6.45) is 1.62. The number of hydrogen-bond acceptors (Lipinski definition) is 5. The Kier molecular flexibility index (Phi) is 2.47. The molecule has 2 aromatic heterocycles. The van der Waals surface area contributed by atoms with Crippen LogP contribution in [0.15, 0.2) is 12.3 Å². The van der Waals surface area contributed by atoms with Crippen LogP contribution in [0.2, 0.25) is 0 Å². The van der Waals surface area contributed by atoms with Gasteiger partial charge in [-0.3, -0.25) is 0 Å². The molecule has 0 spiro atoms. The zero-order valence-corrected chi connectivity index (χ0v) is 8.97. The molecule has 2 rings (SSSR count). The van der Waals surface area contributed by atoms with E-state index < -0.39 is 5.97 Å². The molecule has 0 bridgehead atoms. The first-order valence-electron chi connectivity index (χ1n) is 4.85. The molecular weight excluding hydrogens is 210 g/mol. The van der Waals surface area contributed by atoms with E-state index in [1.807, 2.05) is 0 Å². The summed E-state index contributed by atoms with van der Waals surface area (Å²) in [6, 6.07) is 1.44. The van der Waals surface area contributed by atoms with E-state index in [2.05, 4.69) is 10.1 Å². The van der Waals surface area contributed by atoms with E-state index in [1.54, 1.807) is 20.0 Å². The molecule has 0 aliphatic heterocycles. The second kappa shape index (κ2) is 3.80. The summed E-state index contributed by atoms with van der Waals surface area (Å²) in [4.78, 5) is 15.3. The van der Waals surface area contributed by atoms with Crippen molar-refractivity contribution in [1.29, 1.82) is 0 Å². The minimum Gasteiger partial charge on any atom is -0.492 e. The van der Waals surface area contributed by atoms with Crippen molar-refractivity contribution in [1.82, 2.24) is 14.6 Å². The van der Waals surface area contributed by atoms with Gasteiger partial charge in [0.2, 0.25) is 5.88 Å². The molecule has 6 heteroatoms. The van der Waals surface area contributed by atoms with Gasteiger partial charge in [0.1, 0.15) is 5.52 Å². The van der Waals surface area contributed by atoms with Gasteiger partial charge in [0, 0.05) is 6.07 Å². The number of aryl methyl sites for hydroxylation is 1. The maximum Gasteiger partial charge on any atom is 0.358 e. The summed E-state index contributed by atoms with van der Waals surface area (Å²) in [5, 5.41) is 13.5. The van der Waals surface area contributed by atoms with Crippen LogP contribution in [0.4, 0.5) is 0 Å². The van der Waals surface area contributed by atoms with Crippen molar-refractivity contribution in [2.45, 2.75) is 13.8 Å². The molecule has 0 aliphatic rings. The van der Waals surface area contributed by atoms with Crippen LogP contribution < -0.4 is 0 Å². The number of ether oxygens (including phenoxy) is 1. The summed E-state index contributed by atoms with van der Waals surface area (Å²) in [7, 11) is 0. The van der Waals surface area contributed by atoms with Crippen LogP contribution in [0, 0.1) is 6.92 Å². The predicted molar refractivity (Wildman–Crippen MR) is 55.3 cm³/mol. The van der Waals surface area contributed by atoms with Crippen molar-refractivity contribution in [2.75, 3.05) is 6.61 Å². The highest BCUT2D eigenvalue weighted by Gasteiger charge is 2.14. The topological polar surface area (TPSA) is 76.7 Å². The number of nitrogens with zero attached hydrogens (tertiary/aromatic N) is 3. The minimum atomic E-state index is -0.511. The summed E-state index contributed by atoms with van der Waals surface area (Å²) >= 11 is 0. The van der Waals surface area contributed by atoms with Gasteiger partial charge >= 0.3 is 5.97 Å². The van der Waals surface area contributed by atoms with Crippen molar-refractivity contribution < 1.29 is 14.6 Å². The van der Waals surface area contributed by atoms with Crippen LogP contribution in [0.25, 0.3) is 5.52 Å². The summed E-state index contributed by atoms with van der Waals surface area (Å²) in [5.74, 6) is -0.661. The van der Waals surface area contributed by atoms with Crippen molar-refractivity contribution >= 4 is 11.5 Å². The van der Waals surface area contributed by atoms with Crippen molar-refractivity contribution in [3.63, 3.8) is 0 Å². The number of aromatic hydroxyl groups is 1. The Morgan fingerprint density at radius 3 is 3.06 bits per heavy atom. The fourth-order valence-electron chi connectivity index (χ4n) is 1.39. The van der Waals surface area contributed by atoms with Gasteiger partial charge in [0.25, 0.3) is 0 Å². The highest BCUT2D eigenvalue weighted by molar-refractivity contribution is 5.89. The highest BCUT2D eigenvalue weighted by Crippen LogP contribution is 2.17. The van der Waals surface area contributed by atoms with Gasteiger partial charge in [-0.05, 0) is 13.8 Å². The maximum absolute atomic E-state index is 11.4. The van der Waals surface area contributed by atoms with Gasteiger partial charge in [-0.25, -0.2) is 14.3 Å². The van der Waals surface area contributed by atoms with Gasteiger partial charge in [-0.15, -0.1) is 0 Å². The zero-order chi connectivity index (χ0) is 11.7. The molecule has 0 amide bonds.